The van der Waals surface area contributed by atoms with Gasteiger partial charge in [0.05, 0.1) is 22.4 Å². The van der Waals surface area contributed by atoms with Gasteiger partial charge in [-0.3, -0.25) is 4.79 Å². The summed E-state index contributed by atoms with van der Waals surface area (Å²) in [6.07, 6.45) is -0.165. The fourth-order valence-corrected chi connectivity index (χ4v) is 4.46. The van der Waals surface area contributed by atoms with Gasteiger partial charge in [0, 0.05) is 17.1 Å². The number of carbonyl (C=O) groups excluding carboxylic acids is 1. The Bertz CT molecular complexity index is 1050. The number of benzene rings is 2. The zero-order valence-electron chi connectivity index (χ0n) is 13.2. The highest BCUT2D eigenvalue weighted by Crippen LogP contribution is 2.23. The molecule has 1 amide bonds. The minimum Gasteiger partial charge on any atom is -0.326 e. The fourth-order valence-electron chi connectivity index (χ4n) is 2.26. The summed E-state index contributed by atoms with van der Waals surface area (Å²) in [4.78, 5) is 12.2. The molecule has 3 aromatic rings. The average molecular weight is 396 g/mol. The molecule has 0 radical (unpaired) electrons. The van der Waals surface area contributed by atoms with Crippen LogP contribution in [0.2, 0.25) is 5.02 Å². The number of rotatable bonds is 5. The van der Waals surface area contributed by atoms with Gasteiger partial charge in [-0.15, -0.1) is 0 Å². The number of hydrogen-bond donors (Lipinski definition) is 1. The van der Waals surface area contributed by atoms with E-state index in [-0.39, 0.29) is 17.1 Å². The Morgan fingerprint density at radius 2 is 2.04 bits per heavy atom. The molecule has 0 atom stereocenters. The van der Waals surface area contributed by atoms with Gasteiger partial charge in [0.15, 0.2) is 9.84 Å². The second-order valence-electron chi connectivity index (χ2n) is 5.47. The van der Waals surface area contributed by atoms with E-state index in [9.17, 15) is 13.2 Å². The van der Waals surface area contributed by atoms with Gasteiger partial charge in [0.2, 0.25) is 5.91 Å². The first-order chi connectivity index (χ1) is 11.9. The summed E-state index contributed by atoms with van der Waals surface area (Å²) in [5, 5.41) is 3.19. The number of carbonyl (C=O) groups is 1. The third kappa shape index (κ3) is 3.97. The smallest absolute Gasteiger partial charge is 0.225 e. The van der Waals surface area contributed by atoms with Crippen LogP contribution in [-0.4, -0.2) is 28.8 Å². The maximum absolute atomic E-state index is 12.5. The predicted octanol–water partition coefficient (Wildman–Crippen LogP) is 3.46. The van der Waals surface area contributed by atoms with E-state index in [4.69, 9.17) is 11.6 Å². The van der Waals surface area contributed by atoms with Gasteiger partial charge in [-0.2, -0.15) is 8.75 Å². The number of aromatic nitrogens is 2. The van der Waals surface area contributed by atoms with Crippen LogP contribution in [0.5, 0.6) is 0 Å². The van der Waals surface area contributed by atoms with Crippen LogP contribution in [0.25, 0.3) is 11.0 Å². The summed E-state index contributed by atoms with van der Waals surface area (Å²) in [6.45, 7) is 1.86. The molecular formula is C16H14ClN3O3S2. The van der Waals surface area contributed by atoms with Crippen LogP contribution in [0.3, 0.4) is 0 Å². The molecule has 3 rings (SSSR count). The maximum Gasteiger partial charge on any atom is 0.225 e. The maximum atomic E-state index is 12.5. The minimum absolute atomic E-state index is 0.102. The van der Waals surface area contributed by atoms with E-state index < -0.39 is 15.7 Å². The zero-order valence-corrected chi connectivity index (χ0v) is 15.6. The molecule has 0 aliphatic heterocycles. The first-order valence-corrected chi connectivity index (χ1v) is 10.1. The Labute approximate surface area is 154 Å². The molecule has 0 aliphatic rings. The molecule has 25 heavy (non-hydrogen) atoms. The molecule has 1 aromatic heterocycles. The Morgan fingerprint density at radius 3 is 2.80 bits per heavy atom. The van der Waals surface area contributed by atoms with Gasteiger partial charge in [-0.1, -0.05) is 23.7 Å². The number of aryl methyl sites for hydroxylation is 1. The van der Waals surface area contributed by atoms with Crippen molar-refractivity contribution >= 4 is 55.8 Å². The third-order valence-electron chi connectivity index (χ3n) is 3.64. The molecule has 1 N–H and O–H groups in total. The van der Waals surface area contributed by atoms with Crippen molar-refractivity contribution in [3.8, 4) is 0 Å². The highest BCUT2D eigenvalue weighted by molar-refractivity contribution is 7.91. The number of nitrogens with one attached hydrogen (secondary N) is 1. The van der Waals surface area contributed by atoms with E-state index in [1.54, 1.807) is 30.3 Å². The van der Waals surface area contributed by atoms with Gasteiger partial charge in [0.25, 0.3) is 0 Å². The van der Waals surface area contributed by atoms with Crippen molar-refractivity contribution < 1.29 is 13.2 Å². The molecule has 0 unspecified atom stereocenters. The molecule has 0 fully saturated rings. The van der Waals surface area contributed by atoms with Crippen LogP contribution >= 0.6 is 23.3 Å². The van der Waals surface area contributed by atoms with Crippen molar-refractivity contribution in [3.05, 3.63) is 47.0 Å². The SMILES string of the molecule is Cc1ccc(NC(=O)CCS(=O)(=O)c2cccc3nsnc23)cc1Cl. The number of nitrogens with zero attached hydrogens (tertiary/aromatic N) is 2. The van der Waals surface area contributed by atoms with Crippen LogP contribution < -0.4 is 5.32 Å². The second-order valence-corrected chi connectivity index (χ2v) is 8.48. The molecule has 0 spiro atoms. The minimum atomic E-state index is -3.64. The number of amides is 1. The molecule has 0 aliphatic carbocycles. The van der Waals surface area contributed by atoms with Crippen molar-refractivity contribution in [1.29, 1.82) is 0 Å². The van der Waals surface area contributed by atoms with Crippen molar-refractivity contribution in [2.24, 2.45) is 0 Å². The summed E-state index contributed by atoms with van der Waals surface area (Å²) in [7, 11) is -3.64. The predicted molar refractivity (Wildman–Crippen MR) is 98.9 cm³/mol. The van der Waals surface area contributed by atoms with E-state index in [1.807, 2.05) is 6.92 Å². The van der Waals surface area contributed by atoms with Crippen LogP contribution in [0.15, 0.2) is 41.3 Å². The van der Waals surface area contributed by atoms with Crippen molar-refractivity contribution in [1.82, 2.24) is 8.75 Å². The second kappa shape index (κ2) is 7.07. The van der Waals surface area contributed by atoms with Crippen molar-refractivity contribution in [2.45, 2.75) is 18.2 Å². The molecule has 9 heteroatoms. The monoisotopic (exact) mass is 395 g/mol. The number of halogens is 1. The first-order valence-electron chi connectivity index (χ1n) is 7.37. The van der Waals surface area contributed by atoms with E-state index in [0.717, 1.165) is 17.3 Å². The van der Waals surface area contributed by atoms with E-state index in [1.165, 1.54) is 6.07 Å². The molecular weight excluding hydrogens is 382 g/mol. The Morgan fingerprint density at radius 1 is 1.24 bits per heavy atom. The lowest BCUT2D eigenvalue weighted by molar-refractivity contribution is -0.115. The summed E-state index contributed by atoms with van der Waals surface area (Å²) < 4.78 is 33.1. The summed E-state index contributed by atoms with van der Waals surface area (Å²) in [6, 6.07) is 9.93. The number of sulfone groups is 1. The van der Waals surface area contributed by atoms with Crippen molar-refractivity contribution in [3.63, 3.8) is 0 Å². The lowest BCUT2D eigenvalue weighted by Crippen LogP contribution is -2.17. The molecule has 1 heterocycles. The molecule has 0 bridgehead atoms. The summed E-state index contributed by atoms with van der Waals surface area (Å²) in [5.74, 6) is -0.707. The lowest BCUT2D eigenvalue weighted by atomic mass is 10.2. The first kappa shape index (κ1) is 17.8. The van der Waals surface area contributed by atoms with Gasteiger partial charge in [0.1, 0.15) is 11.0 Å². The van der Waals surface area contributed by atoms with E-state index in [2.05, 4.69) is 14.1 Å². The van der Waals surface area contributed by atoms with Gasteiger partial charge >= 0.3 is 0 Å². The molecule has 2 aromatic carbocycles. The quantitative estimate of drug-likeness (QED) is 0.714. The fraction of sp³-hybridized carbons (Fsp3) is 0.188. The summed E-state index contributed by atoms with van der Waals surface area (Å²) in [5.41, 5.74) is 2.30. The Balaban J connectivity index is 1.70. The highest BCUT2D eigenvalue weighted by atomic mass is 35.5. The van der Waals surface area contributed by atoms with Crippen LogP contribution in [-0.2, 0) is 14.6 Å². The van der Waals surface area contributed by atoms with E-state index >= 15 is 0 Å². The van der Waals surface area contributed by atoms with Gasteiger partial charge < -0.3 is 5.32 Å². The standard InChI is InChI=1S/C16H14ClN3O3S2/c1-10-5-6-11(9-12(10)17)18-15(21)7-8-25(22,23)14-4-2-3-13-16(14)20-24-19-13/h2-6,9H,7-8H2,1H3,(H,18,21). The Hall–Kier alpha value is -2.03. The van der Waals surface area contributed by atoms with E-state index in [0.29, 0.717) is 21.7 Å². The molecule has 0 saturated heterocycles. The zero-order chi connectivity index (χ0) is 18.0. The summed E-state index contributed by atoms with van der Waals surface area (Å²) >= 11 is 6.97. The largest absolute Gasteiger partial charge is 0.326 e. The van der Waals surface area contributed by atoms with Crippen LogP contribution in [0.4, 0.5) is 5.69 Å². The van der Waals surface area contributed by atoms with Crippen LogP contribution in [0.1, 0.15) is 12.0 Å². The number of anilines is 1. The van der Waals surface area contributed by atoms with Crippen LogP contribution in [0, 0.1) is 6.92 Å². The third-order valence-corrected chi connectivity index (χ3v) is 6.33. The van der Waals surface area contributed by atoms with Crippen molar-refractivity contribution in [2.75, 3.05) is 11.1 Å². The average Bonchev–Trinajstić information content (AvgIpc) is 3.05. The molecule has 6 nitrogen and oxygen atoms in total. The molecule has 130 valence electrons. The Kier molecular flexibility index (Phi) is 5.03. The highest BCUT2D eigenvalue weighted by Gasteiger charge is 2.21. The van der Waals surface area contributed by atoms with Gasteiger partial charge in [-0.05, 0) is 36.8 Å². The molecule has 0 saturated carbocycles. The number of hydrogen-bond acceptors (Lipinski definition) is 6. The number of fused-ring (bicyclic) bond motifs is 1. The van der Waals surface area contributed by atoms with Gasteiger partial charge in [-0.25, -0.2) is 8.42 Å². The normalized spacial score (nSPS) is 11.6. The lowest BCUT2D eigenvalue weighted by Gasteiger charge is -2.08. The topological polar surface area (TPSA) is 89.0 Å².